The van der Waals surface area contributed by atoms with Crippen molar-refractivity contribution in [3.8, 4) is 0 Å². The van der Waals surface area contributed by atoms with Gasteiger partial charge in [-0.1, -0.05) is 23.7 Å². The Labute approximate surface area is 128 Å². The minimum Gasteiger partial charge on any atom is -0.384 e. The number of benzene rings is 2. The van der Waals surface area contributed by atoms with Crippen molar-refractivity contribution in [1.82, 2.24) is 0 Å². The van der Waals surface area contributed by atoms with E-state index in [0.717, 1.165) is 5.56 Å². The van der Waals surface area contributed by atoms with Crippen molar-refractivity contribution in [1.29, 1.82) is 0 Å². The number of aryl methyl sites for hydroxylation is 1. The maximum Gasteiger partial charge on any atom is 0.226 e. The monoisotopic (exact) mass is 306 g/mol. The van der Waals surface area contributed by atoms with E-state index in [1.54, 1.807) is 24.3 Å². The zero-order valence-corrected chi connectivity index (χ0v) is 12.4. The second-order valence-corrected chi connectivity index (χ2v) is 5.13. The lowest BCUT2D eigenvalue weighted by molar-refractivity contribution is -0.115. The second kappa shape index (κ2) is 7.09. The summed E-state index contributed by atoms with van der Waals surface area (Å²) in [5, 5.41) is 6.39. The molecule has 0 heterocycles. The Kier molecular flexibility index (Phi) is 5.17. The lowest BCUT2D eigenvalue weighted by Crippen LogP contribution is -2.16. The van der Waals surface area contributed by atoms with Crippen LogP contribution in [0.1, 0.15) is 12.0 Å². The summed E-state index contributed by atoms with van der Waals surface area (Å²) in [5.41, 5.74) is 2.31. The molecule has 5 heteroatoms. The molecule has 0 aliphatic carbocycles. The lowest BCUT2D eigenvalue weighted by Gasteiger charge is -2.10. The van der Waals surface area contributed by atoms with E-state index in [1.165, 1.54) is 12.1 Å². The van der Waals surface area contributed by atoms with Crippen LogP contribution >= 0.6 is 11.6 Å². The number of halogens is 2. The number of rotatable bonds is 5. The summed E-state index contributed by atoms with van der Waals surface area (Å²) in [7, 11) is 0. The molecule has 1 amide bonds. The van der Waals surface area contributed by atoms with E-state index in [4.69, 9.17) is 11.6 Å². The van der Waals surface area contributed by atoms with Gasteiger partial charge in [0.05, 0.1) is 0 Å². The summed E-state index contributed by atoms with van der Waals surface area (Å²) < 4.78 is 13.0. The molecule has 0 fully saturated rings. The largest absolute Gasteiger partial charge is 0.384 e. The molecule has 0 aliphatic heterocycles. The van der Waals surface area contributed by atoms with Crippen LogP contribution < -0.4 is 10.6 Å². The summed E-state index contributed by atoms with van der Waals surface area (Å²) in [6, 6.07) is 11.5. The first-order chi connectivity index (χ1) is 10.0. The zero-order chi connectivity index (χ0) is 15.2. The molecule has 0 radical (unpaired) electrons. The quantitative estimate of drug-likeness (QED) is 0.868. The van der Waals surface area contributed by atoms with Crippen molar-refractivity contribution in [3.05, 3.63) is 58.9 Å². The Hall–Kier alpha value is -2.07. The molecule has 0 saturated carbocycles. The molecule has 2 N–H and O–H groups in total. The Morgan fingerprint density at radius 1 is 1.24 bits per heavy atom. The van der Waals surface area contributed by atoms with Crippen LogP contribution in [0.4, 0.5) is 15.8 Å². The Morgan fingerprint density at radius 2 is 2.05 bits per heavy atom. The highest BCUT2D eigenvalue weighted by Crippen LogP contribution is 2.20. The van der Waals surface area contributed by atoms with Gasteiger partial charge >= 0.3 is 0 Å². The number of hydrogen-bond donors (Lipinski definition) is 2. The van der Waals surface area contributed by atoms with Crippen molar-refractivity contribution in [3.63, 3.8) is 0 Å². The van der Waals surface area contributed by atoms with Gasteiger partial charge in [-0.05, 0) is 42.8 Å². The fourth-order valence-corrected chi connectivity index (χ4v) is 2.03. The predicted octanol–water partition coefficient (Wildman–Crippen LogP) is 4.23. The fourth-order valence-electron chi connectivity index (χ4n) is 1.86. The van der Waals surface area contributed by atoms with Gasteiger partial charge in [0.1, 0.15) is 5.82 Å². The summed E-state index contributed by atoms with van der Waals surface area (Å²) in [5.74, 6) is -0.428. The average Bonchev–Trinajstić information content (AvgIpc) is 2.43. The molecule has 0 atom stereocenters. The molecule has 0 bridgehead atoms. The number of amides is 1. The van der Waals surface area contributed by atoms with Crippen LogP contribution in [0, 0.1) is 12.7 Å². The minimum atomic E-state index is -0.306. The summed E-state index contributed by atoms with van der Waals surface area (Å²) in [4.78, 5) is 11.9. The summed E-state index contributed by atoms with van der Waals surface area (Å²) in [6.45, 7) is 2.33. The van der Waals surface area contributed by atoms with Crippen LogP contribution in [0.15, 0.2) is 42.5 Å². The van der Waals surface area contributed by atoms with Gasteiger partial charge in [-0.2, -0.15) is 0 Å². The smallest absolute Gasteiger partial charge is 0.226 e. The molecule has 3 nitrogen and oxygen atoms in total. The molecule has 2 aromatic rings. The molecule has 2 aromatic carbocycles. The molecular formula is C16H16ClFN2O. The molecule has 0 spiro atoms. The van der Waals surface area contributed by atoms with Crippen molar-refractivity contribution < 1.29 is 9.18 Å². The van der Waals surface area contributed by atoms with E-state index in [2.05, 4.69) is 10.6 Å². The maximum absolute atomic E-state index is 13.0. The van der Waals surface area contributed by atoms with Crippen molar-refractivity contribution in [2.75, 3.05) is 17.2 Å². The molecule has 0 saturated heterocycles. The third-order valence-corrected chi connectivity index (χ3v) is 3.21. The number of carbonyl (C=O) groups is 1. The maximum atomic E-state index is 13.0. The number of nitrogens with one attached hydrogen (secondary N) is 2. The first-order valence-corrected chi connectivity index (χ1v) is 6.98. The molecule has 0 aliphatic rings. The SMILES string of the molecule is Cc1ccc(Cl)cc1NC(=O)CCNc1cccc(F)c1. The van der Waals surface area contributed by atoms with Gasteiger partial charge < -0.3 is 10.6 Å². The highest BCUT2D eigenvalue weighted by Gasteiger charge is 2.05. The Balaban J connectivity index is 1.84. The van der Waals surface area contributed by atoms with Gasteiger partial charge in [0.25, 0.3) is 0 Å². The number of carbonyl (C=O) groups excluding carboxylic acids is 1. The molecule has 110 valence electrons. The molecule has 0 unspecified atom stereocenters. The molecule has 21 heavy (non-hydrogen) atoms. The average molecular weight is 307 g/mol. The minimum absolute atomic E-state index is 0.121. The summed E-state index contributed by atoms with van der Waals surface area (Å²) >= 11 is 5.90. The van der Waals surface area contributed by atoms with Crippen LogP contribution in [-0.2, 0) is 4.79 Å². The van der Waals surface area contributed by atoms with E-state index in [9.17, 15) is 9.18 Å². The van der Waals surface area contributed by atoms with Crippen molar-refractivity contribution >= 4 is 28.9 Å². The standard InChI is InChI=1S/C16H16ClFN2O/c1-11-5-6-12(17)9-15(11)20-16(21)7-8-19-14-4-2-3-13(18)10-14/h2-6,9-10,19H,7-8H2,1H3,(H,20,21). The molecule has 0 aromatic heterocycles. The van der Waals surface area contributed by atoms with E-state index in [1.807, 2.05) is 13.0 Å². The number of anilines is 2. The van der Waals surface area contributed by atoms with Gasteiger partial charge in [-0.25, -0.2) is 4.39 Å². The van der Waals surface area contributed by atoms with Crippen LogP contribution in [0.2, 0.25) is 5.02 Å². The van der Waals surface area contributed by atoms with Gasteiger partial charge in [0.2, 0.25) is 5.91 Å². The van der Waals surface area contributed by atoms with E-state index < -0.39 is 0 Å². The fraction of sp³-hybridized carbons (Fsp3) is 0.188. The summed E-state index contributed by atoms with van der Waals surface area (Å²) in [6.07, 6.45) is 0.280. The molecular weight excluding hydrogens is 291 g/mol. The van der Waals surface area contributed by atoms with Gasteiger partial charge in [0.15, 0.2) is 0 Å². The van der Waals surface area contributed by atoms with E-state index >= 15 is 0 Å². The first kappa shape index (κ1) is 15.3. The highest BCUT2D eigenvalue weighted by molar-refractivity contribution is 6.31. The third-order valence-electron chi connectivity index (χ3n) is 2.98. The predicted molar refractivity (Wildman–Crippen MR) is 84.3 cm³/mol. The normalized spacial score (nSPS) is 10.2. The van der Waals surface area contributed by atoms with E-state index in [-0.39, 0.29) is 18.1 Å². The van der Waals surface area contributed by atoms with Crippen molar-refractivity contribution in [2.45, 2.75) is 13.3 Å². The van der Waals surface area contributed by atoms with Crippen LogP contribution in [-0.4, -0.2) is 12.5 Å². The van der Waals surface area contributed by atoms with Crippen LogP contribution in [0.5, 0.6) is 0 Å². The highest BCUT2D eigenvalue weighted by atomic mass is 35.5. The topological polar surface area (TPSA) is 41.1 Å². The van der Waals surface area contributed by atoms with Crippen molar-refractivity contribution in [2.24, 2.45) is 0 Å². The van der Waals surface area contributed by atoms with Crippen LogP contribution in [0.3, 0.4) is 0 Å². The van der Waals surface area contributed by atoms with Gasteiger partial charge in [-0.15, -0.1) is 0 Å². The van der Waals surface area contributed by atoms with Gasteiger partial charge in [0, 0.05) is 29.4 Å². The first-order valence-electron chi connectivity index (χ1n) is 6.60. The molecule has 2 rings (SSSR count). The Morgan fingerprint density at radius 3 is 2.81 bits per heavy atom. The van der Waals surface area contributed by atoms with Crippen LogP contribution in [0.25, 0.3) is 0 Å². The second-order valence-electron chi connectivity index (χ2n) is 4.69. The number of hydrogen-bond acceptors (Lipinski definition) is 2. The zero-order valence-electron chi connectivity index (χ0n) is 11.6. The van der Waals surface area contributed by atoms with E-state index in [0.29, 0.717) is 22.9 Å². The third kappa shape index (κ3) is 4.76. The van der Waals surface area contributed by atoms with Gasteiger partial charge in [-0.3, -0.25) is 4.79 Å². The lowest BCUT2D eigenvalue weighted by atomic mass is 10.2. The Bertz CT molecular complexity index is 646.